The summed E-state index contributed by atoms with van der Waals surface area (Å²) in [4.78, 5) is 12.5. The minimum absolute atomic E-state index is 0.126. The van der Waals surface area contributed by atoms with Crippen molar-refractivity contribution in [3.05, 3.63) is 75.0 Å². The number of rotatable bonds is 6. The molecule has 28 heavy (non-hydrogen) atoms. The molecule has 3 rings (SSSR count). The Labute approximate surface area is 178 Å². The van der Waals surface area contributed by atoms with Crippen molar-refractivity contribution in [1.82, 2.24) is 20.1 Å². The number of aromatic nitrogens is 3. The maximum atomic E-state index is 12.5. The fourth-order valence-electron chi connectivity index (χ4n) is 2.77. The van der Waals surface area contributed by atoms with Gasteiger partial charge in [-0.25, -0.2) is 0 Å². The Balaban J connectivity index is 1.67. The standard InChI is InChI=1S/C20H20Cl2N4OS/c1-12-6-4-5-7-15(12)19(27)23-13(2)18-24-25-20(26(18)3)28-11-14-8-9-16(21)17(22)10-14/h4-10,13H,11H2,1-3H3,(H,23,27)/t13-/m0/s1. The summed E-state index contributed by atoms with van der Waals surface area (Å²) in [5.74, 6) is 1.25. The van der Waals surface area contributed by atoms with Gasteiger partial charge in [0.05, 0.1) is 16.1 Å². The average molecular weight is 435 g/mol. The maximum Gasteiger partial charge on any atom is 0.252 e. The average Bonchev–Trinajstić information content (AvgIpc) is 3.03. The van der Waals surface area contributed by atoms with Gasteiger partial charge in [-0.2, -0.15) is 0 Å². The van der Waals surface area contributed by atoms with Crippen molar-refractivity contribution in [3.8, 4) is 0 Å². The third kappa shape index (κ3) is 4.69. The summed E-state index contributed by atoms with van der Waals surface area (Å²) in [6.45, 7) is 3.81. The highest BCUT2D eigenvalue weighted by molar-refractivity contribution is 7.98. The van der Waals surface area contributed by atoms with Crippen LogP contribution in [0.4, 0.5) is 0 Å². The number of aryl methyl sites for hydroxylation is 1. The molecule has 0 aliphatic rings. The summed E-state index contributed by atoms with van der Waals surface area (Å²) in [5.41, 5.74) is 2.64. The zero-order chi connectivity index (χ0) is 20.3. The fraction of sp³-hybridized carbons (Fsp3) is 0.250. The Kier molecular flexibility index (Phi) is 6.65. The number of nitrogens with zero attached hydrogens (tertiary/aromatic N) is 3. The fourth-order valence-corrected chi connectivity index (χ4v) is 3.95. The third-order valence-corrected chi connectivity index (χ3v) is 6.18. The Morgan fingerprint density at radius 2 is 1.93 bits per heavy atom. The first-order valence-corrected chi connectivity index (χ1v) is 10.4. The highest BCUT2D eigenvalue weighted by Gasteiger charge is 2.19. The second-order valence-electron chi connectivity index (χ2n) is 6.45. The monoisotopic (exact) mass is 434 g/mol. The molecule has 0 unspecified atom stereocenters. The molecule has 1 heterocycles. The molecule has 0 aliphatic carbocycles. The number of carbonyl (C=O) groups excluding carboxylic acids is 1. The zero-order valence-electron chi connectivity index (χ0n) is 15.7. The number of benzene rings is 2. The molecule has 0 radical (unpaired) electrons. The molecule has 1 N–H and O–H groups in total. The summed E-state index contributed by atoms with van der Waals surface area (Å²) in [5, 5.41) is 13.3. The first-order valence-electron chi connectivity index (χ1n) is 8.69. The first-order chi connectivity index (χ1) is 13.4. The van der Waals surface area contributed by atoms with Gasteiger partial charge < -0.3 is 9.88 Å². The number of thioether (sulfide) groups is 1. The highest BCUT2D eigenvalue weighted by atomic mass is 35.5. The largest absolute Gasteiger partial charge is 0.342 e. The number of nitrogens with one attached hydrogen (secondary N) is 1. The molecule has 1 atom stereocenters. The lowest BCUT2D eigenvalue weighted by molar-refractivity contribution is 0.0937. The van der Waals surface area contributed by atoms with Crippen molar-refractivity contribution >= 4 is 40.9 Å². The van der Waals surface area contributed by atoms with E-state index in [-0.39, 0.29) is 11.9 Å². The normalized spacial score (nSPS) is 12.0. The van der Waals surface area contributed by atoms with Crippen LogP contribution in [0.25, 0.3) is 0 Å². The third-order valence-electron chi connectivity index (χ3n) is 4.35. The van der Waals surface area contributed by atoms with Crippen LogP contribution in [-0.2, 0) is 12.8 Å². The van der Waals surface area contributed by atoms with Crippen LogP contribution in [0.5, 0.6) is 0 Å². The van der Waals surface area contributed by atoms with E-state index in [4.69, 9.17) is 23.2 Å². The highest BCUT2D eigenvalue weighted by Crippen LogP contribution is 2.27. The quantitative estimate of drug-likeness (QED) is 0.540. The van der Waals surface area contributed by atoms with Gasteiger partial charge in [-0.1, -0.05) is 59.2 Å². The van der Waals surface area contributed by atoms with Crippen LogP contribution in [0.2, 0.25) is 10.0 Å². The van der Waals surface area contributed by atoms with Gasteiger partial charge in [0.1, 0.15) is 0 Å². The van der Waals surface area contributed by atoms with E-state index >= 15 is 0 Å². The summed E-state index contributed by atoms with van der Waals surface area (Å²) in [7, 11) is 1.89. The molecule has 3 aromatic rings. The van der Waals surface area contributed by atoms with Crippen molar-refractivity contribution in [2.24, 2.45) is 7.05 Å². The van der Waals surface area contributed by atoms with Crippen molar-refractivity contribution in [1.29, 1.82) is 0 Å². The SMILES string of the molecule is Cc1ccccc1C(=O)N[C@@H](C)c1nnc(SCc2ccc(Cl)c(Cl)c2)n1C. The predicted octanol–water partition coefficient (Wildman–Crippen LogP) is 5.21. The maximum absolute atomic E-state index is 12.5. The van der Waals surface area contributed by atoms with Crippen LogP contribution in [0.3, 0.4) is 0 Å². The number of halogens is 2. The van der Waals surface area contributed by atoms with E-state index in [1.807, 2.05) is 61.9 Å². The molecule has 0 aliphatic heterocycles. The topological polar surface area (TPSA) is 59.8 Å². The van der Waals surface area contributed by atoms with Crippen molar-refractivity contribution in [2.75, 3.05) is 0 Å². The molecule has 8 heteroatoms. The Morgan fingerprint density at radius 1 is 1.18 bits per heavy atom. The van der Waals surface area contributed by atoms with Gasteiger partial charge in [0.25, 0.3) is 5.91 Å². The van der Waals surface area contributed by atoms with Crippen molar-refractivity contribution < 1.29 is 4.79 Å². The number of carbonyl (C=O) groups is 1. The number of hydrogen-bond donors (Lipinski definition) is 1. The van der Waals surface area contributed by atoms with Gasteiger partial charge in [-0.3, -0.25) is 4.79 Å². The molecule has 0 fully saturated rings. The van der Waals surface area contributed by atoms with Gasteiger partial charge in [-0.05, 0) is 43.2 Å². The van der Waals surface area contributed by atoms with Crippen LogP contribution >= 0.6 is 35.0 Å². The van der Waals surface area contributed by atoms with E-state index in [9.17, 15) is 4.79 Å². The molecule has 1 aromatic heterocycles. The van der Waals surface area contributed by atoms with E-state index in [1.54, 1.807) is 17.8 Å². The van der Waals surface area contributed by atoms with Crippen molar-refractivity contribution in [3.63, 3.8) is 0 Å². The van der Waals surface area contributed by atoms with Gasteiger partial charge in [0.15, 0.2) is 11.0 Å². The molecule has 0 saturated heterocycles. The van der Waals surface area contributed by atoms with Crippen molar-refractivity contribution in [2.45, 2.75) is 30.8 Å². The van der Waals surface area contributed by atoms with Crippen LogP contribution in [0, 0.1) is 6.92 Å². The second kappa shape index (κ2) is 8.99. The molecular weight excluding hydrogens is 415 g/mol. The lowest BCUT2D eigenvalue weighted by atomic mass is 10.1. The molecule has 0 saturated carbocycles. The molecule has 0 bridgehead atoms. The van der Waals surface area contributed by atoms with E-state index in [0.717, 1.165) is 16.3 Å². The molecule has 0 spiro atoms. The lowest BCUT2D eigenvalue weighted by Crippen LogP contribution is -2.29. The number of hydrogen-bond acceptors (Lipinski definition) is 4. The van der Waals surface area contributed by atoms with E-state index in [1.165, 1.54) is 0 Å². The van der Waals surface area contributed by atoms with Crippen LogP contribution in [-0.4, -0.2) is 20.7 Å². The zero-order valence-corrected chi connectivity index (χ0v) is 18.1. The predicted molar refractivity (Wildman–Crippen MR) is 114 cm³/mol. The van der Waals surface area contributed by atoms with Gasteiger partial charge in [0.2, 0.25) is 0 Å². The molecule has 2 aromatic carbocycles. The Morgan fingerprint density at radius 3 is 2.64 bits per heavy atom. The smallest absolute Gasteiger partial charge is 0.252 e. The number of amides is 1. The first kappa shape index (κ1) is 20.7. The van der Waals surface area contributed by atoms with Gasteiger partial charge in [-0.15, -0.1) is 10.2 Å². The summed E-state index contributed by atoms with van der Waals surface area (Å²) in [6, 6.07) is 12.8. The Bertz CT molecular complexity index is 1010. The van der Waals surface area contributed by atoms with E-state index < -0.39 is 0 Å². The van der Waals surface area contributed by atoms with Crippen LogP contribution < -0.4 is 5.32 Å². The minimum Gasteiger partial charge on any atom is -0.342 e. The molecule has 5 nitrogen and oxygen atoms in total. The van der Waals surface area contributed by atoms with Crippen LogP contribution in [0.15, 0.2) is 47.6 Å². The van der Waals surface area contributed by atoms with E-state index in [0.29, 0.717) is 27.2 Å². The van der Waals surface area contributed by atoms with E-state index in [2.05, 4.69) is 15.5 Å². The summed E-state index contributed by atoms with van der Waals surface area (Å²) < 4.78 is 1.89. The Hall–Kier alpha value is -2.02. The van der Waals surface area contributed by atoms with Gasteiger partial charge in [0, 0.05) is 18.4 Å². The molecule has 146 valence electrons. The molecular formula is C20H20Cl2N4OS. The summed E-state index contributed by atoms with van der Waals surface area (Å²) >= 11 is 13.6. The molecule has 1 amide bonds. The van der Waals surface area contributed by atoms with Gasteiger partial charge >= 0.3 is 0 Å². The van der Waals surface area contributed by atoms with Crippen LogP contribution in [0.1, 0.15) is 40.3 Å². The summed E-state index contributed by atoms with van der Waals surface area (Å²) in [6.07, 6.45) is 0. The minimum atomic E-state index is -0.274. The lowest BCUT2D eigenvalue weighted by Gasteiger charge is -2.14. The second-order valence-corrected chi connectivity index (χ2v) is 8.20.